The highest BCUT2D eigenvalue weighted by atomic mass is 32.2. The normalized spacial score (nSPS) is 17.5. The van der Waals surface area contributed by atoms with Crippen LogP contribution < -0.4 is 5.14 Å². The van der Waals surface area contributed by atoms with Gasteiger partial charge < -0.3 is 0 Å². The first kappa shape index (κ1) is 22.2. The SMILES string of the molecule is NS(=O)(=O)c1ccc(C2=C(c3ccc(F)cc3)CC(C(F)(F)F)(C(F)(F)F)C2)nc1. The molecule has 30 heavy (non-hydrogen) atoms. The zero-order valence-electron chi connectivity index (χ0n) is 14.9. The molecular formula is C18H13F7N2O2S. The molecule has 2 aromatic rings. The summed E-state index contributed by atoms with van der Waals surface area (Å²) in [4.78, 5) is 3.27. The highest BCUT2D eigenvalue weighted by molar-refractivity contribution is 7.89. The Balaban J connectivity index is 2.20. The average molecular weight is 454 g/mol. The van der Waals surface area contributed by atoms with Crippen LogP contribution in [-0.4, -0.2) is 25.8 Å². The van der Waals surface area contributed by atoms with Gasteiger partial charge in [0.1, 0.15) is 10.7 Å². The standard InChI is InChI=1S/C18H13F7N2O2S/c19-11-3-1-10(2-4-11)13-7-16(17(20,21)22,18(23,24)25)8-14(13)15-6-5-12(9-27-15)30(26,28)29/h1-6,9H,7-8H2,(H2,26,28,29). The Labute approximate surface area is 166 Å². The van der Waals surface area contributed by atoms with Crippen molar-refractivity contribution in [2.45, 2.75) is 30.1 Å². The number of primary sulfonamides is 1. The highest BCUT2D eigenvalue weighted by Crippen LogP contribution is 2.64. The number of hydrogen-bond donors (Lipinski definition) is 1. The lowest BCUT2D eigenvalue weighted by molar-refractivity contribution is -0.335. The Kier molecular flexibility index (Phi) is 5.22. The van der Waals surface area contributed by atoms with Gasteiger partial charge >= 0.3 is 12.4 Å². The molecule has 0 fully saturated rings. The number of benzene rings is 1. The molecule has 0 spiro atoms. The molecule has 0 amide bonds. The Morgan fingerprint density at radius 2 is 1.40 bits per heavy atom. The van der Waals surface area contributed by atoms with E-state index in [-0.39, 0.29) is 22.4 Å². The largest absolute Gasteiger partial charge is 0.403 e. The van der Waals surface area contributed by atoms with Crippen molar-refractivity contribution in [3.63, 3.8) is 0 Å². The van der Waals surface area contributed by atoms with Crippen LogP contribution in [0, 0.1) is 11.2 Å². The first-order chi connectivity index (χ1) is 13.7. The molecule has 1 aromatic heterocycles. The summed E-state index contributed by atoms with van der Waals surface area (Å²) in [7, 11) is -4.16. The molecule has 0 atom stereocenters. The van der Waals surface area contributed by atoms with Gasteiger partial charge in [0.2, 0.25) is 10.0 Å². The number of sulfonamides is 1. The molecule has 3 rings (SSSR count). The van der Waals surface area contributed by atoms with Crippen molar-refractivity contribution in [3.05, 3.63) is 59.7 Å². The van der Waals surface area contributed by atoms with Gasteiger partial charge in [0, 0.05) is 6.20 Å². The number of nitrogens with two attached hydrogens (primary N) is 1. The monoisotopic (exact) mass is 454 g/mol. The molecule has 0 saturated carbocycles. The van der Waals surface area contributed by atoms with Gasteiger partial charge in [-0.25, -0.2) is 17.9 Å². The summed E-state index contributed by atoms with van der Waals surface area (Å²) in [6.07, 6.45) is -13.4. The molecule has 162 valence electrons. The van der Waals surface area contributed by atoms with Gasteiger partial charge in [-0.3, -0.25) is 4.98 Å². The second-order valence-electron chi connectivity index (χ2n) is 6.82. The van der Waals surface area contributed by atoms with Gasteiger partial charge in [-0.1, -0.05) is 12.1 Å². The number of rotatable bonds is 3. The van der Waals surface area contributed by atoms with Gasteiger partial charge in [-0.05, 0) is 53.8 Å². The Bertz CT molecular complexity index is 1070. The van der Waals surface area contributed by atoms with Gasteiger partial charge in [0.25, 0.3) is 0 Å². The van der Waals surface area contributed by atoms with Crippen molar-refractivity contribution in [2.75, 3.05) is 0 Å². The molecule has 2 N–H and O–H groups in total. The summed E-state index contributed by atoms with van der Waals surface area (Å²) in [6.45, 7) is 0. The molecule has 1 heterocycles. The summed E-state index contributed by atoms with van der Waals surface area (Å²) in [5.41, 5.74) is -5.02. The van der Waals surface area contributed by atoms with Gasteiger partial charge in [-0.15, -0.1) is 0 Å². The maximum atomic E-state index is 13.7. The lowest BCUT2D eigenvalue weighted by Crippen LogP contribution is -2.48. The molecule has 0 aliphatic heterocycles. The fourth-order valence-corrected chi connectivity index (χ4v) is 3.80. The van der Waals surface area contributed by atoms with Crippen LogP contribution in [0.3, 0.4) is 0 Å². The molecule has 1 aliphatic carbocycles. The number of pyridine rings is 1. The van der Waals surface area contributed by atoms with Crippen molar-refractivity contribution in [2.24, 2.45) is 10.6 Å². The minimum absolute atomic E-state index is 0.0286. The molecule has 1 aromatic carbocycles. The number of halogens is 7. The van der Waals surface area contributed by atoms with Crippen LogP contribution in [-0.2, 0) is 10.0 Å². The van der Waals surface area contributed by atoms with Crippen LogP contribution in [0.4, 0.5) is 30.7 Å². The number of nitrogens with zero attached hydrogens (tertiary/aromatic N) is 1. The Morgan fingerprint density at radius 1 is 0.867 bits per heavy atom. The van der Waals surface area contributed by atoms with Crippen molar-refractivity contribution >= 4 is 21.2 Å². The molecule has 12 heteroatoms. The van der Waals surface area contributed by atoms with E-state index in [0.717, 1.165) is 42.6 Å². The zero-order valence-corrected chi connectivity index (χ0v) is 15.7. The zero-order chi connectivity index (χ0) is 22.5. The predicted octanol–water partition coefficient (Wildman–Crippen LogP) is 4.68. The maximum absolute atomic E-state index is 13.7. The lowest BCUT2D eigenvalue weighted by atomic mass is 9.81. The smallest absolute Gasteiger partial charge is 0.255 e. The maximum Gasteiger partial charge on any atom is 0.403 e. The number of aromatic nitrogens is 1. The predicted molar refractivity (Wildman–Crippen MR) is 92.6 cm³/mol. The topological polar surface area (TPSA) is 73.1 Å². The van der Waals surface area contributed by atoms with Gasteiger partial charge in [0.05, 0.1) is 5.69 Å². The Hall–Kier alpha value is -2.47. The second kappa shape index (κ2) is 7.05. The molecule has 0 unspecified atom stereocenters. The number of alkyl halides is 6. The van der Waals surface area contributed by atoms with Crippen LogP contribution in [0.1, 0.15) is 24.1 Å². The quantitative estimate of drug-likeness (QED) is 0.685. The van der Waals surface area contributed by atoms with Crippen LogP contribution in [0.15, 0.2) is 47.5 Å². The third-order valence-electron chi connectivity index (χ3n) is 4.97. The second-order valence-corrected chi connectivity index (χ2v) is 8.38. The van der Waals surface area contributed by atoms with Crippen LogP contribution in [0.25, 0.3) is 11.1 Å². The lowest BCUT2D eigenvalue weighted by Gasteiger charge is -2.34. The average Bonchev–Trinajstić information content (AvgIpc) is 3.04. The van der Waals surface area contributed by atoms with Crippen LogP contribution in [0.2, 0.25) is 0 Å². The fraction of sp³-hybridized carbons (Fsp3) is 0.278. The minimum Gasteiger partial charge on any atom is -0.255 e. The van der Waals surface area contributed by atoms with Crippen molar-refractivity contribution in [1.82, 2.24) is 4.98 Å². The first-order valence-corrected chi connectivity index (χ1v) is 9.81. The van der Waals surface area contributed by atoms with E-state index < -0.39 is 51.3 Å². The van der Waals surface area contributed by atoms with Gasteiger partial charge in [-0.2, -0.15) is 26.3 Å². The molecule has 0 radical (unpaired) electrons. The minimum atomic E-state index is -5.63. The number of allylic oxidation sites excluding steroid dienone is 2. The van der Waals surface area contributed by atoms with E-state index in [9.17, 15) is 39.2 Å². The third kappa shape index (κ3) is 3.81. The van der Waals surface area contributed by atoms with E-state index in [4.69, 9.17) is 5.14 Å². The van der Waals surface area contributed by atoms with E-state index in [1.807, 2.05) is 0 Å². The summed E-state index contributed by atoms with van der Waals surface area (Å²) < 4.78 is 118. The fourth-order valence-electron chi connectivity index (χ4n) is 3.34. The molecular weight excluding hydrogens is 441 g/mol. The summed E-state index contributed by atoms with van der Waals surface area (Å²) >= 11 is 0. The number of hydrogen-bond acceptors (Lipinski definition) is 3. The third-order valence-corrected chi connectivity index (χ3v) is 5.87. The van der Waals surface area contributed by atoms with E-state index in [0.29, 0.717) is 0 Å². The first-order valence-electron chi connectivity index (χ1n) is 8.26. The molecule has 1 aliphatic rings. The van der Waals surface area contributed by atoms with E-state index in [1.165, 1.54) is 0 Å². The van der Waals surface area contributed by atoms with Crippen molar-refractivity contribution in [1.29, 1.82) is 0 Å². The van der Waals surface area contributed by atoms with Crippen LogP contribution >= 0.6 is 0 Å². The van der Waals surface area contributed by atoms with Gasteiger partial charge in [0.15, 0.2) is 5.41 Å². The Morgan fingerprint density at radius 3 is 1.83 bits per heavy atom. The van der Waals surface area contributed by atoms with E-state index in [1.54, 1.807) is 0 Å². The molecule has 4 nitrogen and oxygen atoms in total. The summed E-state index contributed by atoms with van der Waals surface area (Å²) in [5.74, 6) is -0.715. The van der Waals surface area contributed by atoms with E-state index in [2.05, 4.69) is 4.98 Å². The van der Waals surface area contributed by atoms with Crippen molar-refractivity contribution < 1.29 is 39.2 Å². The summed E-state index contributed by atoms with van der Waals surface area (Å²) in [5, 5.41) is 4.94. The van der Waals surface area contributed by atoms with Crippen molar-refractivity contribution in [3.8, 4) is 0 Å². The molecule has 0 bridgehead atoms. The summed E-state index contributed by atoms with van der Waals surface area (Å²) in [6, 6.07) is 5.91. The van der Waals surface area contributed by atoms with Crippen LogP contribution in [0.5, 0.6) is 0 Å². The van der Waals surface area contributed by atoms with E-state index >= 15 is 0 Å². The molecule has 0 saturated heterocycles. The highest BCUT2D eigenvalue weighted by Gasteiger charge is 2.72.